The number of nitrogens with zero attached hydrogens (tertiary/aromatic N) is 3. The predicted octanol–water partition coefficient (Wildman–Crippen LogP) is 4.08. The zero-order valence-electron chi connectivity index (χ0n) is 22.1. The van der Waals surface area contributed by atoms with Crippen LogP contribution in [0.15, 0.2) is 42.5 Å². The summed E-state index contributed by atoms with van der Waals surface area (Å²) < 4.78 is 5.16. The number of benzene rings is 2. The molecule has 3 rings (SSSR count). The highest BCUT2D eigenvalue weighted by Crippen LogP contribution is 2.28. The van der Waals surface area contributed by atoms with Crippen molar-refractivity contribution in [3.63, 3.8) is 0 Å². The number of urea groups is 1. The fourth-order valence-electron chi connectivity index (χ4n) is 4.04. The Labute approximate surface area is 223 Å². The van der Waals surface area contributed by atoms with Crippen LogP contribution < -0.4 is 20.3 Å². The quantitative estimate of drug-likeness (QED) is 0.537. The molecule has 0 radical (unpaired) electrons. The molecule has 200 valence electrons. The molecule has 0 unspecified atom stereocenters. The van der Waals surface area contributed by atoms with Crippen LogP contribution >= 0.6 is 11.6 Å². The number of nitrogens with one attached hydrogen (secondary N) is 2. The van der Waals surface area contributed by atoms with Crippen LogP contribution in [0.2, 0.25) is 5.02 Å². The first-order valence-corrected chi connectivity index (χ1v) is 12.8. The highest BCUT2D eigenvalue weighted by Gasteiger charge is 2.24. The van der Waals surface area contributed by atoms with Gasteiger partial charge in [0.1, 0.15) is 12.3 Å². The first-order valence-electron chi connectivity index (χ1n) is 12.4. The van der Waals surface area contributed by atoms with E-state index in [9.17, 15) is 14.4 Å². The summed E-state index contributed by atoms with van der Waals surface area (Å²) in [5.74, 6) is 0.0666. The average Bonchev–Trinajstić information content (AvgIpc) is 2.87. The van der Waals surface area contributed by atoms with Crippen LogP contribution in [0.25, 0.3) is 0 Å². The second kappa shape index (κ2) is 12.7. The van der Waals surface area contributed by atoms with Gasteiger partial charge < -0.3 is 30.1 Å². The lowest BCUT2D eigenvalue weighted by Crippen LogP contribution is -2.52. The van der Waals surface area contributed by atoms with E-state index in [1.54, 1.807) is 42.3 Å². The second-order valence-corrected chi connectivity index (χ2v) is 9.95. The molecule has 1 aliphatic heterocycles. The van der Waals surface area contributed by atoms with Gasteiger partial charge in [-0.1, -0.05) is 11.6 Å². The molecule has 37 heavy (non-hydrogen) atoms. The minimum absolute atomic E-state index is 0.0578. The molecule has 2 aromatic carbocycles. The Balaban J connectivity index is 1.64. The zero-order chi connectivity index (χ0) is 27.1. The lowest BCUT2D eigenvalue weighted by molar-refractivity contribution is -0.117. The van der Waals surface area contributed by atoms with Gasteiger partial charge in [0.25, 0.3) is 5.91 Å². The maximum atomic E-state index is 13.1. The van der Waals surface area contributed by atoms with Crippen molar-refractivity contribution in [1.82, 2.24) is 15.1 Å². The molecule has 0 atom stereocenters. The highest BCUT2D eigenvalue weighted by atomic mass is 35.5. The summed E-state index contributed by atoms with van der Waals surface area (Å²) in [7, 11) is 1.56. The van der Waals surface area contributed by atoms with Gasteiger partial charge in [-0.3, -0.25) is 9.59 Å². The van der Waals surface area contributed by atoms with E-state index in [-0.39, 0.29) is 36.5 Å². The predicted molar refractivity (Wildman–Crippen MR) is 147 cm³/mol. The van der Waals surface area contributed by atoms with Gasteiger partial charge in [-0.05, 0) is 70.2 Å². The molecule has 10 heteroatoms. The van der Waals surface area contributed by atoms with Gasteiger partial charge in [0.2, 0.25) is 5.91 Å². The number of amides is 4. The summed E-state index contributed by atoms with van der Waals surface area (Å²) in [4.78, 5) is 43.8. The van der Waals surface area contributed by atoms with Gasteiger partial charge in [-0.2, -0.15) is 0 Å². The van der Waals surface area contributed by atoms with Crippen molar-refractivity contribution in [1.29, 1.82) is 0 Å². The van der Waals surface area contributed by atoms with Gasteiger partial charge in [0, 0.05) is 49.5 Å². The number of carbonyl (C=O) groups excluding carboxylic acids is 3. The number of piperazine rings is 1. The van der Waals surface area contributed by atoms with Crippen LogP contribution in [0.5, 0.6) is 5.75 Å². The number of rotatable bonds is 8. The molecule has 0 aromatic heterocycles. The fourth-order valence-corrected chi connectivity index (χ4v) is 4.21. The van der Waals surface area contributed by atoms with E-state index in [1.807, 2.05) is 39.8 Å². The minimum Gasteiger partial charge on any atom is -0.497 e. The number of carbonyl (C=O) groups is 3. The summed E-state index contributed by atoms with van der Waals surface area (Å²) >= 11 is 6.39. The summed E-state index contributed by atoms with van der Waals surface area (Å²) in [5.41, 5.74) is 1.85. The van der Waals surface area contributed by atoms with E-state index in [0.29, 0.717) is 48.2 Å². The molecule has 9 nitrogen and oxygen atoms in total. The molecule has 0 bridgehead atoms. The molecule has 1 fully saturated rings. The molecular formula is C27H36ClN5O4. The van der Waals surface area contributed by atoms with Gasteiger partial charge >= 0.3 is 6.03 Å². The largest absolute Gasteiger partial charge is 0.497 e. The van der Waals surface area contributed by atoms with E-state index in [4.69, 9.17) is 16.3 Å². The normalized spacial score (nSPS) is 13.5. The van der Waals surface area contributed by atoms with Crippen molar-refractivity contribution in [2.75, 3.05) is 50.1 Å². The minimum atomic E-state index is -0.343. The van der Waals surface area contributed by atoms with Crippen LogP contribution in [0.3, 0.4) is 0 Å². The molecule has 0 aliphatic carbocycles. The Morgan fingerprint density at radius 1 is 1.00 bits per heavy atom. The van der Waals surface area contributed by atoms with Gasteiger partial charge in [0.05, 0.1) is 17.8 Å². The van der Waals surface area contributed by atoms with E-state index in [2.05, 4.69) is 15.5 Å². The topological polar surface area (TPSA) is 94.2 Å². The highest BCUT2D eigenvalue weighted by molar-refractivity contribution is 6.33. The maximum absolute atomic E-state index is 13.1. The van der Waals surface area contributed by atoms with E-state index in [1.165, 1.54) is 4.90 Å². The van der Waals surface area contributed by atoms with Crippen molar-refractivity contribution >= 4 is 40.8 Å². The maximum Gasteiger partial charge on any atom is 0.317 e. The van der Waals surface area contributed by atoms with Crippen molar-refractivity contribution in [3.8, 4) is 5.75 Å². The first-order chi connectivity index (χ1) is 17.6. The Hall–Kier alpha value is -3.46. The van der Waals surface area contributed by atoms with Gasteiger partial charge in [-0.15, -0.1) is 0 Å². The third kappa shape index (κ3) is 7.52. The molecule has 1 heterocycles. The Morgan fingerprint density at radius 3 is 2.22 bits per heavy atom. The van der Waals surface area contributed by atoms with E-state index in [0.717, 1.165) is 5.69 Å². The van der Waals surface area contributed by atoms with Crippen molar-refractivity contribution in [2.45, 2.75) is 39.8 Å². The summed E-state index contributed by atoms with van der Waals surface area (Å²) in [6.45, 7) is 10.0. The molecule has 2 aromatic rings. The lowest BCUT2D eigenvalue weighted by atomic mass is 10.1. The zero-order valence-corrected chi connectivity index (χ0v) is 22.8. The van der Waals surface area contributed by atoms with Crippen molar-refractivity contribution in [2.24, 2.45) is 0 Å². The van der Waals surface area contributed by atoms with Crippen molar-refractivity contribution in [3.05, 3.63) is 53.1 Å². The third-order valence-electron chi connectivity index (χ3n) is 6.10. The SMILES string of the molecule is COc1ccc(C(=O)N(CC(=O)Nc2cc(N3CCN(C(=O)NC(C)C)CC3)ccc2Cl)C(C)C)cc1. The summed E-state index contributed by atoms with van der Waals surface area (Å²) in [6, 6.07) is 12.1. The van der Waals surface area contributed by atoms with Crippen LogP contribution in [-0.2, 0) is 4.79 Å². The van der Waals surface area contributed by atoms with E-state index >= 15 is 0 Å². The van der Waals surface area contributed by atoms with Gasteiger partial charge in [-0.25, -0.2) is 4.79 Å². The molecule has 1 saturated heterocycles. The number of hydrogen-bond acceptors (Lipinski definition) is 5. The number of hydrogen-bond donors (Lipinski definition) is 2. The second-order valence-electron chi connectivity index (χ2n) is 9.55. The number of ether oxygens (including phenoxy) is 1. The number of methoxy groups -OCH3 is 1. The Morgan fingerprint density at radius 2 is 1.65 bits per heavy atom. The molecule has 0 saturated carbocycles. The van der Waals surface area contributed by atoms with Crippen LogP contribution in [0.1, 0.15) is 38.1 Å². The van der Waals surface area contributed by atoms with Crippen molar-refractivity contribution < 1.29 is 19.1 Å². The van der Waals surface area contributed by atoms with E-state index < -0.39 is 0 Å². The monoisotopic (exact) mass is 529 g/mol. The Kier molecular flexibility index (Phi) is 9.63. The molecule has 4 amide bonds. The first kappa shape index (κ1) is 28.1. The Bertz CT molecular complexity index is 1100. The summed E-state index contributed by atoms with van der Waals surface area (Å²) in [5, 5.41) is 6.19. The van der Waals surface area contributed by atoms with Crippen LogP contribution in [0, 0.1) is 0 Å². The lowest BCUT2D eigenvalue weighted by Gasteiger charge is -2.36. The average molecular weight is 530 g/mol. The molecular weight excluding hydrogens is 494 g/mol. The molecule has 2 N–H and O–H groups in total. The van der Waals surface area contributed by atoms with Crippen LogP contribution in [-0.4, -0.2) is 79.6 Å². The molecule has 1 aliphatic rings. The third-order valence-corrected chi connectivity index (χ3v) is 6.43. The van der Waals surface area contributed by atoms with Crippen LogP contribution in [0.4, 0.5) is 16.2 Å². The number of halogens is 1. The fraction of sp³-hybridized carbons (Fsp3) is 0.444. The molecule has 0 spiro atoms. The smallest absolute Gasteiger partial charge is 0.317 e. The summed E-state index contributed by atoms with van der Waals surface area (Å²) in [6.07, 6.45) is 0. The standard InChI is InChI=1S/C27H36ClN5O4/c1-18(2)29-27(36)32-14-12-31(13-15-32)21-8-11-23(28)24(16-21)30-25(34)17-33(19(3)4)26(35)20-6-9-22(37-5)10-7-20/h6-11,16,18-19H,12-15,17H2,1-5H3,(H,29,36)(H,30,34). The number of anilines is 2. The van der Waals surface area contributed by atoms with Gasteiger partial charge in [0.15, 0.2) is 0 Å².